The van der Waals surface area contributed by atoms with E-state index in [0.717, 1.165) is 16.6 Å². The number of para-hydroxylation sites is 1. The molecular weight excluding hydrogens is 226 g/mol. The van der Waals surface area contributed by atoms with Gasteiger partial charge in [-0.25, -0.2) is 0 Å². The fourth-order valence-electron chi connectivity index (χ4n) is 1.76. The summed E-state index contributed by atoms with van der Waals surface area (Å²) < 4.78 is 0. The number of benzene rings is 1. The number of nitriles is 1. The topological polar surface area (TPSA) is 68.9 Å². The van der Waals surface area contributed by atoms with E-state index in [1.165, 1.54) is 0 Å². The Balaban J connectivity index is 2.42. The van der Waals surface area contributed by atoms with Crippen LogP contribution in [0.1, 0.15) is 12.5 Å². The Morgan fingerprint density at radius 3 is 2.94 bits per heavy atom. The third kappa shape index (κ3) is 2.41. The number of aromatic nitrogens is 1. The Kier molecular flexibility index (Phi) is 3.75. The van der Waals surface area contributed by atoms with Crippen molar-refractivity contribution in [3.8, 4) is 6.07 Å². The zero-order valence-corrected chi connectivity index (χ0v) is 10.2. The highest BCUT2D eigenvalue weighted by atomic mass is 16.3. The lowest BCUT2D eigenvalue weighted by Gasteiger charge is -2.14. The first-order valence-corrected chi connectivity index (χ1v) is 5.89. The lowest BCUT2D eigenvalue weighted by Crippen LogP contribution is -2.15. The summed E-state index contributed by atoms with van der Waals surface area (Å²) in [6.45, 7) is 2.69. The van der Waals surface area contributed by atoms with Crippen LogP contribution in [0.3, 0.4) is 0 Å². The molecule has 2 rings (SSSR count). The third-order valence-electron chi connectivity index (χ3n) is 2.83. The molecule has 0 saturated heterocycles. The molecule has 1 aromatic carbocycles. The molecule has 0 fully saturated rings. The molecular formula is C14H15N3O. The van der Waals surface area contributed by atoms with E-state index in [2.05, 4.69) is 16.4 Å². The smallest absolute Gasteiger partial charge is 0.103 e. The maximum absolute atomic E-state index is 9.12. The minimum Gasteiger partial charge on any atom is -0.396 e. The Morgan fingerprint density at radius 1 is 1.44 bits per heavy atom. The Bertz CT molecular complexity index is 589. The predicted molar refractivity (Wildman–Crippen MR) is 71.2 cm³/mol. The highest BCUT2D eigenvalue weighted by molar-refractivity contribution is 5.93. The van der Waals surface area contributed by atoms with Gasteiger partial charge < -0.3 is 10.4 Å². The van der Waals surface area contributed by atoms with E-state index in [-0.39, 0.29) is 12.5 Å². The summed E-state index contributed by atoms with van der Waals surface area (Å²) in [5, 5.41) is 22.3. The molecule has 1 atom stereocenters. The number of aliphatic hydroxyl groups excluding tert-OH is 1. The van der Waals surface area contributed by atoms with Crippen molar-refractivity contribution in [3.63, 3.8) is 0 Å². The van der Waals surface area contributed by atoms with Crippen molar-refractivity contribution in [2.75, 3.05) is 18.5 Å². The van der Waals surface area contributed by atoms with Gasteiger partial charge in [0.1, 0.15) is 6.07 Å². The number of anilines is 1. The highest BCUT2D eigenvalue weighted by Gasteiger charge is 2.09. The van der Waals surface area contributed by atoms with Gasteiger partial charge in [0, 0.05) is 24.7 Å². The summed E-state index contributed by atoms with van der Waals surface area (Å²) in [7, 11) is 0. The summed E-state index contributed by atoms with van der Waals surface area (Å²) in [6, 6.07) is 9.84. The van der Waals surface area contributed by atoms with E-state index in [0.29, 0.717) is 12.1 Å². The molecule has 0 aliphatic rings. The van der Waals surface area contributed by atoms with Gasteiger partial charge in [-0.1, -0.05) is 25.1 Å². The summed E-state index contributed by atoms with van der Waals surface area (Å²) >= 11 is 0. The van der Waals surface area contributed by atoms with Crippen LogP contribution in [0, 0.1) is 17.2 Å². The van der Waals surface area contributed by atoms with Crippen LogP contribution in [0.5, 0.6) is 0 Å². The molecule has 1 unspecified atom stereocenters. The number of nitrogens with zero attached hydrogens (tertiary/aromatic N) is 2. The molecule has 0 aliphatic carbocycles. The second kappa shape index (κ2) is 5.48. The monoisotopic (exact) mass is 241 g/mol. The number of hydrogen-bond donors (Lipinski definition) is 2. The van der Waals surface area contributed by atoms with E-state index in [1.54, 1.807) is 6.20 Å². The predicted octanol–water partition coefficient (Wildman–Crippen LogP) is 2.15. The molecule has 0 bridgehead atoms. The maximum atomic E-state index is 9.12. The summed E-state index contributed by atoms with van der Waals surface area (Å²) in [4.78, 5) is 4.25. The summed E-state index contributed by atoms with van der Waals surface area (Å²) in [5.74, 6) is 0.142. The van der Waals surface area contributed by atoms with Crippen LogP contribution in [0.4, 0.5) is 5.69 Å². The molecule has 2 aromatic rings. The molecule has 0 radical (unpaired) electrons. The Labute approximate surface area is 106 Å². The molecule has 1 aromatic heterocycles. The van der Waals surface area contributed by atoms with E-state index in [4.69, 9.17) is 10.4 Å². The SMILES string of the molecule is CC(CO)CNc1c(C#N)cnc2ccccc12. The summed E-state index contributed by atoms with van der Waals surface area (Å²) in [6.07, 6.45) is 1.58. The lowest BCUT2D eigenvalue weighted by atomic mass is 10.1. The number of nitrogens with one attached hydrogen (secondary N) is 1. The summed E-state index contributed by atoms with van der Waals surface area (Å²) in [5.41, 5.74) is 2.18. The zero-order valence-electron chi connectivity index (χ0n) is 10.2. The molecule has 0 spiro atoms. The van der Waals surface area contributed by atoms with Gasteiger partial charge in [-0.2, -0.15) is 5.26 Å². The highest BCUT2D eigenvalue weighted by Crippen LogP contribution is 2.25. The van der Waals surface area contributed by atoms with Crippen LogP contribution in [-0.2, 0) is 0 Å². The number of rotatable bonds is 4. The van der Waals surface area contributed by atoms with Gasteiger partial charge in [0.25, 0.3) is 0 Å². The van der Waals surface area contributed by atoms with Crippen LogP contribution >= 0.6 is 0 Å². The molecule has 18 heavy (non-hydrogen) atoms. The average Bonchev–Trinajstić information content (AvgIpc) is 2.44. The fraction of sp³-hybridized carbons (Fsp3) is 0.286. The van der Waals surface area contributed by atoms with Gasteiger partial charge in [-0.15, -0.1) is 0 Å². The Morgan fingerprint density at radius 2 is 2.22 bits per heavy atom. The first-order chi connectivity index (χ1) is 8.76. The van der Waals surface area contributed by atoms with Gasteiger partial charge in [0.2, 0.25) is 0 Å². The van der Waals surface area contributed by atoms with Gasteiger partial charge in [-0.05, 0) is 12.0 Å². The third-order valence-corrected chi connectivity index (χ3v) is 2.83. The van der Waals surface area contributed by atoms with Gasteiger partial charge in [0.05, 0.1) is 16.8 Å². The maximum Gasteiger partial charge on any atom is 0.103 e. The molecule has 92 valence electrons. The number of fused-ring (bicyclic) bond motifs is 1. The molecule has 1 heterocycles. The first kappa shape index (κ1) is 12.3. The molecule has 0 aliphatic heterocycles. The van der Waals surface area contributed by atoms with Crippen molar-refractivity contribution in [2.24, 2.45) is 5.92 Å². The lowest BCUT2D eigenvalue weighted by molar-refractivity contribution is 0.244. The molecule has 0 saturated carbocycles. The quantitative estimate of drug-likeness (QED) is 0.860. The van der Waals surface area contributed by atoms with Crippen molar-refractivity contribution in [3.05, 3.63) is 36.0 Å². The minimum atomic E-state index is 0.123. The van der Waals surface area contributed by atoms with Crippen LogP contribution in [0.2, 0.25) is 0 Å². The Hall–Kier alpha value is -2.12. The second-order valence-corrected chi connectivity index (χ2v) is 4.34. The van der Waals surface area contributed by atoms with Crippen molar-refractivity contribution >= 4 is 16.6 Å². The van der Waals surface area contributed by atoms with Crippen LogP contribution < -0.4 is 5.32 Å². The van der Waals surface area contributed by atoms with Crippen molar-refractivity contribution in [2.45, 2.75) is 6.92 Å². The van der Waals surface area contributed by atoms with Gasteiger partial charge in [0.15, 0.2) is 0 Å². The van der Waals surface area contributed by atoms with Crippen molar-refractivity contribution < 1.29 is 5.11 Å². The van der Waals surface area contributed by atoms with E-state index in [1.807, 2.05) is 31.2 Å². The van der Waals surface area contributed by atoms with Crippen LogP contribution in [0.15, 0.2) is 30.5 Å². The number of hydrogen-bond acceptors (Lipinski definition) is 4. The normalized spacial score (nSPS) is 12.1. The molecule has 4 nitrogen and oxygen atoms in total. The average molecular weight is 241 g/mol. The number of aliphatic hydroxyl groups is 1. The standard InChI is InChI=1S/C14H15N3O/c1-10(9-18)7-17-14-11(6-15)8-16-13-5-3-2-4-12(13)14/h2-5,8,10,18H,7,9H2,1H3,(H,16,17). The van der Waals surface area contributed by atoms with E-state index >= 15 is 0 Å². The second-order valence-electron chi connectivity index (χ2n) is 4.34. The first-order valence-electron chi connectivity index (χ1n) is 5.89. The van der Waals surface area contributed by atoms with Gasteiger partial charge >= 0.3 is 0 Å². The minimum absolute atomic E-state index is 0.123. The van der Waals surface area contributed by atoms with Crippen molar-refractivity contribution in [1.82, 2.24) is 4.98 Å². The van der Waals surface area contributed by atoms with E-state index < -0.39 is 0 Å². The molecule has 2 N–H and O–H groups in total. The van der Waals surface area contributed by atoms with Crippen molar-refractivity contribution in [1.29, 1.82) is 5.26 Å². The van der Waals surface area contributed by atoms with Gasteiger partial charge in [-0.3, -0.25) is 4.98 Å². The largest absolute Gasteiger partial charge is 0.396 e. The number of pyridine rings is 1. The van der Waals surface area contributed by atoms with Crippen LogP contribution in [-0.4, -0.2) is 23.2 Å². The fourth-order valence-corrected chi connectivity index (χ4v) is 1.76. The van der Waals surface area contributed by atoms with Crippen LogP contribution in [0.25, 0.3) is 10.9 Å². The zero-order chi connectivity index (χ0) is 13.0. The molecule has 0 amide bonds. The molecule has 4 heteroatoms. The van der Waals surface area contributed by atoms with E-state index in [9.17, 15) is 0 Å².